The van der Waals surface area contributed by atoms with E-state index in [0.717, 1.165) is 13.1 Å². The predicted octanol–water partition coefficient (Wildman–Crippen LogP) is 0.852. The smallest absolute Gasteiger partial charge is 0.334 e. The summed E-state index contributed by atoms with van der Waals surface area (Å²) in [5, 5.41) is 21.9. The molecular weight excluding hydrogens is 262 g/mol. The Hall–Kier alpha value is -1.67. The summed E-state index contributed by atoms with van der Waals surface area (Å²) in [5.41, 5.74) is 0.564. The molecule has 1 fully saturated rings. The highest BCUT2D eigenvalue weighted by molar-refractivity contribution is 5.60. The lowest BCUT2D eigenvalue weighted by atomic mass is 10.1. The summed E-state index contributed by atoms with van der Waals surface area (Å²) in [6, 6.07) is 0. The fourth-order valence-corrected chi connectivity index (χ4v) is 2.26. The Bertz CT molecular complexity index is 480. The van der Waals surface area contributed by atoms with E-state index in [2.05, 4.69) is 15.7 Å². The maximum Gasteiger partial charge on any atom is 0.334 e. The maximum absolute atomic E-state index is 11.3. The van der Waals surface area contributed by atoms with Crippen molar-refractivity contribution in [2.75, 3.05) is 31.6 Å². The molecule has 0 amide bonds. The van der Waals surface area contributed by atoms with Gasteiger partial charge in [0, 0.05) is 32.6 Å². The third kappa shape index (κ3) is 3.07. The van der Waals surface area contributed by atoms with Gasteiger partial charge in [0.2, 0.25) is 5.82 Å². The second kappa shape index (κ2) is 6.19. The average molecular weight is 283 g/mol. The van der Waals surface area contributed by atoms with Gasteiger partial charge in [0.25, 0.3) is 0 Å². The van der Waals surface area contributed by atoms with E-state index in [4.69, 9.17) is 4.74 Å². The zero-order valence-electron chi connectivity index (χ0n) is 12.0. The van der Waals surface area contributed by atoms with Gasteiger partial charge in [0.05, 0.1) is 17.6 Å². The number of rotatable bonds is 5. The van der Waals surface area contributed by atoms with E-state index in [1.807, 2.05) is 13.8 Å². The van der Waals surface area contributed by atoms with Crippen molar-refractivity contribution in [3.8, 4) is 0 Å². The van der Waals surface area contributed by atoms with E-state index >= 15 is 0 Å². The van der Waals surface area contributed by atoms with Crippen molar-refractivity contribution in [3.05, 3.63) is 15.8 Å². The number of nitro groups is 1. The van der Waals surface area contributed by atoms with Crippen molar-refractivity contribution in [2.24, 2.45) is 7.05 Å². The molecular formula is C12H21N5O3. The number of hydrogen-bond acceptors (Lipinski definition) is 6. The number of morpholine rings is 1. The second-order valence-electron chi connectivity index (χ2n) is 5.20. The van der Waals surface area contributed by atoms with Crippen LogP contribution in [-0.4, -0.2) is 47.0 Å². The summed E-state index contributed by atoms with van der Waals surface area (Å²) in [7, 11) is 1.71. The molecule has 1 aliphatic heterocycles. The normalized spacial score (nSPS) is 19.3. The molecule has 112 valence electrons. The van der Waals surface area contributed by atoms with Crippen LogP contribution < -0.4 is 10.6 Å². The first-order valence-corrected chi connectivity index (χ1v) is 6.78. The van der Waals surface area contributed by atoms with Gasteiger partial charge in [0.15, 0.2) is 0 Å². The summed E-state index contributed by atoms with van der Waals surface area (Å²) in [5.74, 6) is 0.442. The molecule has 0 radical (unpaired) electrons. The minimum absolute atomic E-state index is 0.00440. The van der Waals surface area contributed by atoms with Gasteiger partial charge in [0.1, 0.15) is 5.69 Å². The molecule has 2 rings (SSSR count). The third-order valence-corrected chi connectivity index (χ3v) is 3.28. The molecule has 1 aromatic heterocycles. The maximum atomic E-state index is 11.3. The minimum Gasteiger partial charge on any atom is -0.374 e. The van der Waals surface area contributed by atoms with Crippen molar-refractivity contribution in [3.63, 3.8) is 0 Å². The highest BCUT2D eigenvalue weighted by Gasteiger charge is 2.28. The van der Waals surface area contributed by atoms with Gasteiger partial charge in [-0.15, -0.1) is 0 Å². The highest BCUT2D eigenvalue weighted by atomic mass is 16.6. The van der Waals surface area contributed by atoms with Gasteiger partial charge in [-0.05, 0) is 0 Å². The van der Waals surface area contributed by atoms with Crippen LogP contribution >= 0.6 is 0 Å². The van der Waals surface area contributed by atoms with Crippen molar-refractivity contribution in [1.29, 1.82) is 0 Å². The van der Waals surface area contributed by atoms with E-state index in [9.17, 15) is 10.1 Å². The van der Waals surface area contributed by atoms with E-state index in [1.54, 1.807) is 7.05 Å². The number of nitrogens with zero attached hydrogens (tertiary/aromatic N) is 3. The molecule has 8 heteroatoms. The second-order valence-corrected chi connectivity index (χ2v) is 5.20. The van der Waals surface area contributed by atoms with Gasteiger partial charge < -0.3 is 15.4 Å². The largest absolute Gasteiger partial charge is 0.374 e. The van der Waals surface area contributed by atoms with E-state index < -0.39 is 0 Å². The van der Waals surface area contributed by atoms with Crippen molar-refractivity contribution in [2.45, 2.75) is 25.9 Å². The van der Waals surface area contributed by atoms with E-state index in [-0.39, 0.29) is 22.6 Å². The Morgan fingerprint density at radius 1 is 1.65 bits per heavy atom. The fraction of sp³-hybridized carbons (Fsp3) is 0.750. The Kier molecular flexibility index (Phi) is 4.56. The van der Waals surface area contributed by atoms with Crippen LogP contribution in [0.4, 0.5) is 11.5 Å². The highest BCUT2D eigenvalue weighted by Crippen LogP contribution is 2.32. The van der Waals surface area contributed by atoms with Gasteiger partial charge in [-0.3, -0.25) is 10.1 Å². The Labute approximate surface area is 117 Å². The van der Waals surface area contributed by atoms with Gasteiger partial charge >= 0.3 is 5.69 Å². The summed E-state index contributed by atoms with van der Waals surface area (Å²) in [6.45, 7) is 6.57. The molecule has 0 spiro atoms. The van der Waals surface area contributed by atoms with Crippen molar-refractivity contribution in [1.82, 2.24) is 15.1 Å². The molecule has 0 aromatic carbocycles. The first-order valence-electron chi connectivity index (χ1n) is 6.78. The first-order chi connectivity index (χ1) is 9.50. The van der Waals surface area contributed by atoms with Gasteiger partial charge in [-0.25, -0.2) is 4.68 Å². The summed E-state index contributed by atoms with van der Waals surface area (Å²) in [4.78, 5) is 10.9. The Morgan fingerprint density at radius 3 is 2.95 bits per heavy atom. The molecule has 8 nitrogen and oxygen atoms in total. The molecule has 1 atom stereocenters. The SMILES string of the molecule is CC(C)c1nn(C)c(NCC2CNCCO2)c1[N+](=O)[O-]. The minimum atomic E-state index is -0.370. The molecule has 20 heavy (non-hydrogen) atoms. The number of ether oxygens (including phenoxy) is 1. The zero-order valence-corrected chi connectivity index (χ0v) is 12.0. The first kappa shape index (κ1) is 14.7. The quantitative estimate of drug-likeness (QED) is 0.614. The van der Waals surface area contributed by atoms with Crippen LogP contribution in [0, 0.1) is 10.1 Å². The lowest BCUT2D eigenvalue weighted by molar-refractivity contribution is -0.384. The number of anilines is 1. The summed E-state index contributed by atoms with van der Waals surface area (Å²) in [6.07, 6.45) is 0.0146. The average Bonchev–Trinajstić information content (AvgIpc) is 2.75. The molecule has 1 unspecified atom stereocenters. The van der Waals surface area contributed by atoms with Crippen LogP contribution in [0.2, 0.25) is 0 Å². The van der Waals surface area contributed by atoms with Crippen LogP contribution in [0.1, 0.15) is 25.5 Å². The van der Waals surface area contributed by atoms with Crippen LogP contribution in [0.15, 0.2) is 0 Å². The topological polar surface area (TPSA) is 94.2 Å². The van der Waals surface area contributed by atoms with Crippen LogP contribution in [0.5, 0.6) is 0 Å². The standard InChI is InChI=1S/C12H21N5O3/c1-8(2)10-11(17(18)19)12(16(3)15-10)14-7-9-6-13-4-5-20-9/h8-9,13-14H,4-7H2,1-3H3. The number of nitrogens with one attached hydrogen (secondary N) is 2. The molecule has 0 aliphatic carbocycles. The van der Waals surface area contributed by atoms with Crippen LogP contribution in [-0.2, 0) is 11.8 Å². The molecule has 1 aliphatic rings. The molecule has 0 bridgehead atoms. The summed E-state index contributed by atoms with van der Waals surface area (Å²) < 4.78 is 7.10. The molecule has 2 N–H and O–H groups in total. The molecule has 1 saturated heterocycles. The van der Waals surface area contributed by atoms with Gasteiger partial charge in [-0.2, -0.15) is 5.10 Å². The Morgan fingerprint density at radius 2 is 2.40 bits per heavy atom. The zero-order chi connectivity index (χ0) is 14.7. The monoisotopic (exact) mass is 283 g/mol. The van der Waals surface area contributed by atoms with E-state index in [0.29, 0.717) is 24.7 Å². The number of aryl methyl sites for hydroxylation is 1. The molecule has 0 saturated carbocycles. The lowest BCUT2D eigenvalue weighted by Gasteiger charge is -2.23. The van der Waals surface area contributed by atoms with Crippen molar-refractivity contribution >= 4 is 11.5 Å². The van der Waals surface area contributed by atoms with Crippen molar-refractivity contribution < 1.29 is 9.66 Å². The van der Waals surface area contributed by atoms with Gasteiger partial charge in [-0.1, -0.05) is 13.8 Å². The van der Waals surface area contributed by atoms with Crippen LogP contribution in [0.3, 0.4) is 0 Å². The molecule has 1 aromatic rings. The lowest BCUT2D eigenvalue weighted by Crippen LogP contribution is -2.42. The van der Waals surface area contributed by atoms with Crippen LogP contribution in [0.25, 0.3) is 0 Å². The third-order valence-electron chi connectivity index (χ3n) is 3.28. The predicted molar refractivity (Wildman–Crippen MR) is 75.1 cm³/mol. The molecule has 2 heterocycles. The summed E-state index contributed by atoms with van der Waals surface area (Å²) >= 11 is 0. The Balaban J connectivity index is 2.15. The van der Waals surface area contributed by atoms with E-state index in [1.165, 1.54) is 4.68 Å². The number of aromatic nitrogens is 2. The number of hydrogen-bond donors (Lipinski definition) is 2. The fourth-order valence-electron chi connectivity index (χ4n) is 2.26.